The minimum absolute atomic E-state index is 0.0905. The predicted molar refractivity (Wildman–Crippen MR) is 80.3 cm³/mol. The number of aromatic nitrogens is 1. The van der Waals surface area contributed by atoms with Crippen molar-refractivity contribution in [1.82, 2.24) is 9.88 Å². The van der Waals surface area contributed by atoms with E-state index < -0.39 is 0 Å². The largest absolute Gasteiger partial charge is 0.377 e. The van der Waals surface area contributed by atoms with Gasteiger partial charge in [0.25, 0.3) is 5.91 Å². The highest BCUT2D eigenvalue weighted by molar-refractivity contribution is 7.18. The SMILES string of the molecule is CCC1COCCN1C(=O)c1ccc2sc(C)nc2c1. The van der Waals surface area contributed by atoms with E-state index in [9.17, 15) is 4.79 Å². The molecule has 1 fully saturated rings. The van der Waals surface area contributed by atoms with Crippen LogP contribution in [0.15, 0.2) is 18.2 Å². The number of aryl methyl sites for hydroxylation is 1. The summed E-state index contributed by atoms with van der Waals surface area (Å²) in [5, 5.41) is 1.03. The van der Waals surface area contributed by atoms with Crippen molar-refractivity contribution in [2.45, 2.75) is 26.3 Å². The molecule has 1 aliphatic rings. The van der Waals surface area contributed by atoms with Crippen molar-refractivity contribution < 1.29 is 9.53 Å². The Balaban J connectivity index is 1.90. The van der Waals surface area contributed by atoms with Crippen molar-refractivity contribution >= 4 is 27.5 Å². The summed E-state index contributed by atoms with van der Waals surface area (Å²) in [6.07, 6.45) is 0.920. The Hall–Kier alpha value is -1.46. The molecule has 2 heterocycles. The van der Waals surface area contributed by atoms with E-state index in [1.165, 1.54) is 0 Å². The van der Waals surface area contributed by atoms with Gasteiger partial charge in [0, 0.05) is 12.1 Å². The molecule has 1 aromatic heterocycles. The van der Waals surface area contributed by atoms with Crippen LogP contribution in [0, 0.1) is 6.92 Å². The van der Waals surface area contributed by atoms with Crippen LogP contribution in [0.25, 0.3) is 10.2 Å². The van der Waals surface area contributed by atoms with Crippen LogP contribution in [0.3, 0.4) is 0 Å². The third kappa shape index (κ3) is 2.43. The number of morpholine rings is 1. The van der Waals surface area contributed by atoms with Gasteiger partial charge in [-0.3, -0.25) is 4.79 Å². The molecular weight excluding hydrogens is 272 g/mol. The maximum absolute atomic E-state index is 12.7. The predicted octanol–water partition coefficient (Wildman–Crippen LogP) is 2.86. The topological polar surface area (TPSA) is 42.4 Å². The summed E-state index contributed by atoms with van der Waals surface area (Å²) < 4.78 is 6.59. The zero-order chi connectivity index (χ0) is 14.1. The molecular formula is C15H18N2O2S. The minimum Gasteiger partial charge on any atom is -0.377 e. The number of hydrogen-bond acceptors (Lipinski definition) is 4. The monoisotopic (exact) mass is 290 g/mol. The Kier molecular flexibility index (Phi) is 3.72. The summed E-state index contributed by atoms with van der Waals surface area (Å²) in [4.78, 5) is 19.1. The Morgan fingerprint density at radius 1 is 1.55 bits per heavy atom. The summed E-state index contributed by atoms with van der Waals surface area (Å²) in [6, 6.07) is 5.99. The van der Waals surface area contributed by atoms with Gasteiger partial charge in [0.1, 0.15) is 0 Å². The Labute approximate surface area is 122 Å². The van der Waals surface area contributed by atoms with Crippen molar-refractivity contribution in [3.05, 3.63) is 28.8 Å². The van der Waals surface area contributed by atoms with Gasteiger partial charge >= 0.3 is 0 Å². The molecule has 1 aliphatic heterocycles. The first-order valence-electron chi connectivity index (χ1n) is 6.95. The first kappa shape index (κ1) is 13.5. The van der Waals surface area contributed by atoms with Gasteiger partial charge in [-0.1, -0.05) is 6.92 Å². The summed E-state index contributed by atoms with van der Waals surface area (Å²) >= 11 is 1.66. The van der Waals surface area contributed by atoms with E-state index in [1.54, 1.807) is 11.3 Å². The van der Waals surface area contributed by atoms with Gasteiger partial charge < -0.3 is 9.64 Å². The molecule has 1 atom stereocenters. The van der Waals surface area contributed by atoms with E-state index in [0.29, 0.717) is 19.8 Å². The number of nitrogens with zero attached hydrogens (tertiary/aromatic N) is 2. The first-order chi connectivity index (χ1) is 9.69. The third-order valence-corrected chi connectivity index (χ3v) is 4.65. The van der Waals surface area contributed by atoms with Gasteiger partial charge in [-0.05, 0) is 31.5 Å². The Morgan fingerprint density at radius 3 is 3.20 bits per heavy atom. The number of amides is 1. The molecule has 1 unspecified atom stereocenters. The normalized spacial score (nSPS) is 19.5. The maximum atomic E-state index is 12.7. The van der Waals surface area contributed by atoms with Gasteiger partial charge in [0.2, 0.25) is 0 Å². The molecule has 0 bridgehead atoms. The smallest absolute Gasteiger partial charge is 0.254 e. The van der Waals surface area contributed by atoms with E-state index in [1.807, 2.05) is 30.0 Å². The Morgan fingerprint density at radius 2 is 2.40 bits per heavy atom. The molecule has 3 rings (SSSR count). The molecule has 0 radical (unpaired) electrons. The molecule has 0 N–H and O–H groups in total. The first-order valence-corrected chi connectivity index (χ1v) is 7.76. The molecule has 4 nitrogen and oxygen atoms in total. The highest BCUT2D eigenvalue weighted by Gasteiger charge is 2.26. The lowest BCUT2D eigenvalue weighted by atomic mass is 10.1. The number of ether oxygens (including phenoxy) is 1. The van der Waals surface area contributed by atoms with E-state index in [0.717, 1.165) is 27.2 Å². The number of fused-ring (bicyclic) bond motifs is 1. The molecule has 1 aromatic carbocycles. The van der Waals surface area contributed by atoms with E-state index in [4.69, 9.17) is 4.74 Å². The van der Waals surface area contributed by atoms with E-state index >= 15 is 0 Å². The molecule has 2 aromatic rings. The molecule has 106 valence electrons. The molecule has 1 amide bonds. The lowest BCUT2D eigenvalue weighted by molar-refractivity contribution is -0.00279. The quantitative estimate of drug-likeness (QED) is 0.854. The van der Waals surface area contributed by atoms with Crippen molar-refractivity contribution in [3.63, 3.8) is 0 Å². The molecule has 5 heteroatoms. The van der Waals surface area contributed by atoms with Gasteiger partial charge in [-0.2, -0.15) is 0 Å². The second kappa shape index (κ2) is 5.50. The van der Waals surface area contributed by atoms with Gasteiger partial charge in [0.15, 0.2) is 0 Å². The minimum atomic E-state index is 0.0905. The highest BCUT2D eigenvalue weighted by Crippen LogP contribution is 2.24. The van der Waals surface area contributed by atoms with Crippen molar-refractivity contribution in [2.75, 3.05) is 19.8 Å². The zero-order valence-corrected chi connectivity index (χ0v) is 12.6. The summed E-state index contributed by atoms with van der Waals surface area (Å²) in [6.45, 7) is 6.01. The Bertz CT molecular complexity index is 638. The number of hydrogen-bond donors (Lipinski definition) is 0. The van der Waals surface area contributed by atoms with Crippen molar-refractivity contribution in [3.8, 4) is 0 Å². The molecule has 0 spiro atoms. The molecule has 0 saturated carbocycles. The standard InChI is InChI=1S/C15H18N2O2S/c1-3-12-9-19-7-6-17(12)15(18)11-4-5-14-13(8-11)16-10(2)20-14/h4-5,8,12H,3,6-7,9H2,1-2H3. The average Bonchev–Trinajstić information content (AvgIpc) is 2.85. The fraction of sp³-hybridized carbons (Fsp3) is 0.467. The number of rotatable bonds is 2. The fourth-order valence-electron chi connectivity index (χ4n) is 2.60. The summed E-state index contributed by atoms with van der Waals surface area (Å²) in [5.74, 6) is 0.0905. The lowest BCUT2D eigenvalue weighted by Crippen LogP contribution is -2.48. The summed E-state index contributed by atoms with van der Waals surface area (Å²) in [5.41, 5.74) is 1.64. The lowest BCUT2D eigenvalue weighted by Gasteiger charge is -2.35. The second-order valence-electron chi connectivity index (χ2n) is 5.05. The van der Waals surface area contributed by atoms with Crippen molar-refractivity contribution in [1.29, 1.82) is 0 Å². The van der Waals surface area contributed by atoms with Crippen LogP contribution < -0.4 is 0 Å². The molecule has 20 heavy (non-hydrogen) atoms. The maximum Gasteiger partial charge on any atom is 0.254 e. The van der Waals surface area contributed by atoms with Crippen molar-refractivity contribution in [2.24, 2.45) is 0 Å². The van der Waals surface area contributed by atoms with Crippen LogP contribution in [-0.4, -0.2) is 41.6 Å². The number of benzene rings is 1. The number of carbonyl (C=O) groups excluding carboxylic acids is 1. The second-order valence-corrected chi connectivity index (χ2v) is 6.29. The molecule has 1 saturated heterocycles. The average molecular weight is 290 g/mol. The van der Waals surface area contributed by atoms with Crippen LogP contribution in [0.2, 0.25) is 0 Å². The van der Waals surface area contributed by atoms with Crippen LogP contribution in [0.4, 0.5) is 0 Å². The number of thiazole rings is 1. The third-order valence-electron chi connectivity index (χ3n) is 3.70. The van der Waals surface area contributed by atoms with Gasteiger partial charge in [-0.25, -0.2) is 4.98 Å². The number of carbonyl (C=O) groups is 1. The zero-order valence-electron chi connectivity index (χ0n) is 11.8. The highest BCUT2D eigenvalue weighted by atomic mass is 32.1. The molecule has 0 aliphatic carbocycles. The van der Waals surface area contributed by atoms with Gasteiger partial charge in [0.05, 0.1) is 34.5 Å². The summed E-state index contributed by atoms with van der Waals surface area (Å²) in [7, 11) is 0. The van der Waals surface area contributed by atoms with Crippen LogP contribution in [0.1, 0.15) is 28.7 Å². The fourth-order valence-corrected chi connectivity index (χ4v) is 3.41. The van der Waals surface area contributed by atoms with Gasteiger partial charge in [-0.15, -0.1) is 11.3 Å². The van der Waals surface area contributed by atoms with E-state index in [-0.39, 0.29) is 11.9 Å². The van der Waals surface area contributed by atoms with Crippen LogP contribution in [-0.2, 0) is 4.74 Å². The van der Waals surface area contributed by atoms with Crippen LogP contribution in [0.5, 0.6) is 0 Å². The van der Waals surface area contributed by atoms with E-state index in [2.05, 4.69) is 11.9 Å². The van der Waals surface area contributed by atoms with Crippen LogP contribution >= 0.6 is 11.3 Å².